The number of hydrogen-bond acceptors (Lipinski definition) is 4. The van der Waals surface area contributed by atoms with E-state index >= 15 is 0 Å². The van der Waals surface area contributed by atoms with Gasteiger partial charge in [-0.25, -0.2) is 0 Å². The molecule has 0 heterocycles. The van der Waals surface area contributed by atoms with Gasteiger partial charge in [-0.3, -0.25) is 0 Å². The fourth-order valence-electron chi connectivity index (χ4n) is 1.65. The number of nitrogens with one attached hydrogen (secondary N) is 1. The van der Waals surface area contributed by atoms with Crippen LogP contribution in [0.2, 0.25) is 0 Å². The highest BCUT2D eigenvalue weighted by atomic mass is 16.5. The first kappa shape index (κ1) is 14.8. The lowest BCUT2D eigenvalue weighted by molar-refractivity contribution is 0.120. The Kier molecular flexibility index (Phi) is 5.44. The first-order valence-corrected chi connectivity index (χ1v) is 6.24. The normalized spacial score (nSPS) is 14.6. The van der Waals surface area contributed by atoms with Crippen molar-refractivity contribution in [1.82, 2.24) is 5.32 Å². The molecule has 2 unspecified atom stereocenters. The summed E-state index contributed by atoms with van der Waals surface area (Å²) in [6.45, 7) is 6.39. The van der Waals surface area contributed by atoms with Crippen LogP contribution in [0, 0.1) is 5.92 Å². The highest BCUT2D eigenvalue weighted by molar-refractivity contribution is 5.41. The first-order chi connectivity index (χ1) is 8.45. The number of aliphatic hydroxyl groups excluding tert-OH is 1. The highest BCUT2D eigenvalue weighted by Gasteiger charge is 2.14. The van der Waals surface area contributed by atoms with Crippen LogP contribution in [0.3, 0.4) is 0 Å². The summed E-state index contributed by atoms with van der Waals surface area (Å²) in [7, 11) is 1.59. The van der Waals surface area contributed by atoms with Crippen LogP contribution in [-0.2, 0) is 0 Å². The lowest BCUT2D eigenvalue weighted by Crippen LogP contribution is -2.32. The van der Waals surface area contributed by atoms with Crippen molar-refractivity contribution in [3.8, 4) is 11.5 Å². The summed E-state index contributed by atoms with van der Waals surface area (Å²) in [5, 5.41) is 22.8. The van der Waals surface area contributed by atoms with Gasteiger partial charge < -0.3 is 20.3 Å². The van der Waals surface area contributed by atoms with E-state index in [9.17, 15) is 10.2 Å². The lowest BCUT2D eigenvalue weighted by Gasteiger charge is -2.20. The van der Waals surface area contributed by atoms with Crippen molar-refractivity contribution in [2.75, 3.05) is 13.7 Å². The van der Waals surface area contributed by atoms with Crippen LogP contribution in [0.1, 0.15) is 32.4 Å². The Morgan fingerprint density at radius 1 is 1.28 bits per heavy atom. The maximum Gasteiger partial charge on any atom is 0.120 e. The Hall–Kier alpha value is -1.26. The number of rotatable bonds is 6. The van der Waals surface area contributed by atoms with E-state index < -0.39 is 0 Å². The first-order valence-electron chi connectivity index (χ1n) is 6.24. The van der Waals surface area contributed by atoms with Crippen molar-refractivity contribution in [2.45, 2.75) is 32.9 Å². The molecular formula is C14H23NO3. The summed E-state index contributed by atoms with van der Waals surface area (Å²) in [5.74, 6) is 1.15. The van der Waals surface area contributed by atoms with Crippen LogP contribution < -0.4 is 10.1 Å². The number of ether oxygens (including phenoxy) is 1. The Labute approximate surface area is 109 Å². The Morgan fingerprint density at radius 2 is 1.94 bits per heavy atom. The molecule has 18 heavy (non-hydrogen) atoms. The van der Waals surface area contributed by atoms with Crippen LogP contribution in [0.4, 0.5) is 0 Å². The predicted molar refractivity (Wildman–Crippen MR) is 71.9 cm³/mol. The second-order valence-corrected chi connectivity index (χ2v) is 4.87. The minimum atomic E-state index is -0.389. The van der Waals surface area contributed by atoms with E-state index in [4.69, 9.17) is 4.74 Å². The minimum Gasteiger partial charge on any atom is -0.508 e. The predicted octanol–water partition coefficient (Wildman–Crippen LogP) is 2.07. The van der Waals surface area contributed by atoms with Crippen LogP contribution in [0.15, 0.2) is 18.2 Å². The monoisotopic (exact) mass is 253 g/mol. The molecule has 0 aliphatic rings. The zero-order valence-electron chi connectivity index (χ0n) is 11.5. The molecule has 3 N–H and O–H groups in total. The average molecular weight is 253 g/mol. The third-order valence-electron chi connectivity index (χ3n) is 3.10. The number of hydrogen-bond donors (Lipinski definition) is 3. The van der Waals surface area contributed by atoms with Gasteiger partial charge in [0.1, 0.15) is 11.5 Å². The lowest BCUT2D eigenvalue weighted by atomic mass is 10.0. The van der Waals surface area contributed by atoms with Crippen LogP contribution in [0.25, 0.3) is 0 Å². The van der Waals surface area contributed by atoms with Crippen LogP contribution >= 0.6 is 0 Å². The molecule has 0 bridgehead atoms. The fourth-order valence-corrected chi connectivity index (χ4v) is 1.65. The van der Waals surface area contributed by atoms with E-state index in [0.717, 1.165) is 5.56 Å². The van der Waals surface area contributed by atoms with E-state index in [1.165, 1.54) is 0 Å². The van der Waals surface area contributed by atoms with Crippen molar-refractivity contribution < 1.29 is 14.9 Å². The zero-order valence-corrected chi connectivity index (χ0v) is 11.5. The second kappa shape index (κ2) is 6.61. The van der Waals surface area contributed by atoms with Gasteiger partial charge in [0.2, 0.25) is 0 Å². The van der Waals surface area contributed by atoms with Gasteiger partial charge in [-0.15, -0.1) is 0 Å². The van der Waals surface area contributed by atoms with Gasteiger partial charge in [-0.1, -0.05) is 13.8 Å². The van der Waals surface area contributed by atoms with Crippen molar-refractivity contribution in [3.05, 3.63) is 23.8 Å². The van der Waals surface area contributed by atoms with Gasteiger partial charge >= 0.3 is 0 Å². The standard InChI is InChI=1S/C14H23NO3/c1-9(2)14(17)8-15-10(3)12-7-11(18-4)5-6-13(12)16/h5-7,9-10,14-17H,8H2,1-4H3. The zero-order chi connectivity index (χ0) is 13.7. The summed E-state index contributed by atoms with van der Waals surface area (Å²) in [4.78, 5) is 0. The molecule has 0 aliphatic heterocycles. The largest absolute Gasteiger partial charge is 0.508 e. The van der Waals surface area contributed by atoms with Crippen LogP contribution in [0.5, 0.6) is 11.5 Å². The van der Waals surface area contributed by atoms with Crippen molar-refractivity contribution in [1.29, 1.82) is 0 Å². The molecular weight excluding hydrogens is 230 g/mol. The van der Waals surface area contributed by atoms with E-state index in [0.29, 0.717) is 12.3 Å². The summed E-state index contributed by atoms with van der Waals surface area (Å²) in [5.41, 5.74) is 0.769. The Morgan fingerprint density at radius 3 is 2.50 bits per heavy atom. The summed E-state index contributed by atoms with van der Waals surface area (Å²) >= 11 is 0. The topological polar surface area (TPSA) is 61.7 Å². The van der Waals surface area contributed by atoms with Crippen molar-refractivity contribution >= 4 is 0 Å². The molecule has 0 aromatic heterocycles. The Bertz CT molecular complexity index is 379. The average Bonchev–Trinajstić information content (AvgIpc) is 2.35. The van der Waals surface area contributed by atoms with Crippen LogP contribution in [-0.4, -0.2) is 30.0 Å². The molecule has 0 amide bonds. The third-order valence-corrected chi connectivity index (χ3v) is 3.10. The number of phenols is 1. The van der Waals surface area contributed by atoms with E-state index in [-0.39, 0.29) is 23.8 Å². The maximum atomic E-state index is 9.82. The number of phenolic OH excluding ortho intramolecular Hbond substituents is 1. The highest BCUT2D eigenvalue weighted by Crippen LogP contribution is 2.28. The fraction of sp³-hybridized carbons (Fsp3) is 0.571. The van der Waals surface area contributed by atoms with Gasteiger partial charge in [0.15, 0.2) is 0 Å². The molecule has 1 rings (SSSR count). The van der Waals surface area contributed by atoms with Gasteiger partial charge in [-0.2, -0.15) is 0 Å². The molecule has 0 saturated carbocycles. The van der Waals surface area contributed by atoms with E-state index in [1.807, 2.05) is 20.8 Å². The molecule has 0 saturated heterocycles. The second-order valence-electron chi connectivity index (χ2n) is 4.87. The van der Waals surface area contributed by atoms with Gasteiger partial charge in [0.25, 0.3) is 0 Å². The Balaban J connectivity index is 2.68. The van der Waals surface area contributed by atoms with Crippen molar-refractivity contribution in [2.24, 2.45) is 5.92 Å². The SMILES string of the molecule is COc1ccc(O)c(C(C)NCC(O)C(C)C)c1. The molecule has 2 atom stereocenters. The maximum absolute atomic E-state index is 9.82. The molecule has 4 nitrogen and oxygen atoms in total. The van der Waals surface area contributed by atoms with Gasteiger partial charge in [-0.05, 0) is 31.0 Å². The molecule has 1 aromatic carbocycles. The summed E-state index contributed by atoms with van der Waals surface area (Å²) in [6, 6.07) is 5.09. The van der Waals surface area contributed by atoms with E-state index in [2.05, 4.69) is 5.32 Å². The minimum absolute atomic E-state index is 0.0477. The molecule has 1 aromatic rings. The number of methoxy groups -OCH3 is 1. The molecule has 0 aliphatic carbocycles. The van der Waals surface area contributed by atoms with E-state index in [1.54, 1.807) is 25.3 Å². The molecule has 4 heteroatoms. The molecule has 0 radical (unpaired) electrons. The number of aliphatic hydroxyl groups is 1. The number of aromatic hydroxyl groups is 1. The quantitative estimate of drug-likeness (QED) is 0.726. The third kappa shape index (κ3) is 3.89. The molecule has 0 spiro atoms. The van der Waals surface area contributed by atoms with Gasteiger partial charge in [0.05, 0.1) is 13.2 Å². The smallest absolute Gasteiger partial charge is 0.120 e. The van der Waals surface area contributed by atoms with Crippen molar-refractivity contribution in [3.63, 3.8) is 0 Å². The molecule has 102 valence electrons. The number of benzene rings is 1. The summed E-state index contributed by atoms with van der Waals surface area (Å²) in [6.07, 6.45) is -0.389. The van der Waals surface area contributed by atoms with Gasteiger partial charge in [0, 0.05) is 18.2 Å². The summed E-state index contributed by atoms with van der Waals surface area (Å²) < 4.78 is 5.14. The molecule has 0 fully saturated rings.